The summed E-state index contributed by atoms with van der Waals surface area (Å²) in [6, 6.07) is 0. The number of phosphoric acid groups is 1. The molecule has 0 unspecified atom stereocenters. The third kappa shape index (κ3) is 8.47. The Kier molecular flexibility index (Phi) is 9.45. The Balaban J connectivity index is 0. The molecule has 3 atom stereocenters. The summed E-state index contributed by atoms with van der Waals surface area (Å²) in [4.78, 5) is 26.4. The van der Waals surface area contributed by atoms with Crippen molar-refractivity contribution in [3.05, 3.63) is 0 Å². The predicted octanol–water partition coefficient (Wildman–Crippen LogP) is -5.62. The van der Waals surface area contributed by atoms with Crippen molar-refractivity contribution in [3.63, 3.8) is 0 Å². The zero-order valence-electron chi connectivity index (χ0n) is 7.92. The molecule has 0 aliphatic heterocycles. The molecule has 0 bridgehead atoms. The zero-order chi connectivity index (χ0) is 11.4. The fourth-order valence-electron chi connectivity index (χ4n) is 0.580. The van der Waals surface area contributed by atoms with Crippen molar-refractivity contribution >= 4 is 14.1 Å². The van der Waals surface area contributed by atoms with Crippen LogP contribution in [0.5, 0.6) is 0 Å². The topological polar surface area (TPSA) is 145 Å². The van der Waals surface area contributed by atoms with Gasteiger partial charge in [0.05, 0.1) is 6.61 Å². The summed E-state index contributed by atoms with van der Waals surface area (Å²) in [6.07, 6.45) is -5.46. The molecule has 0 rings (SSSR count). The van der Waals surface area contributed by atoms with Gasteiger partial charge in [0.25, 0.3) is 0 Å². The first-order chi connectivity index (χ1) is 6.28. The standard InChI is InChI=1S/C5H11O8P.Na/c6-1-3(7)5(9)4(8)2-13-14(10,11)12;/h1,3-5,7-9H,2H2,(H2,10,11,12);/q;+1/t3-,4-,5+;/m1./s1. The van der Waals surface area contributed by atoms with Gasteiger partial charge in [-0.05, 0) is 0 Å². The third-order valence-electron chi connectivity index (χ3n) is 1.30. The molecule has 0 heterocycles. The number of rotatable bonds is 6. The minimum atomic E-state index is -4.74. The first kappa shape index (κ1) is 18.0. The van der Waals surface area contributed by atoms with Crippen molar-refractivity contribution in [2.45, 2.75) is 18.3 Å². The molecule has 0 amide bonds. The third-order valence-corrected chi connectivity index (χ3v) is 1.78. The predicted molar refractivity (Wildman–Crippen MR) is 42.1 cm³/mol. The fraction of sp³-hybridized carbons (Fsp3) is 0.800. The average Bonchev–Trinajstić information content (AvgIpc) is 2.10. The second kappa shape index (κ2) is 7.86. The van der Waals surface area contributed by atoms with E-state index in [-0.39, 0.29) is 35.8 Å². The van der Waals surface area contributed by atoms with Crippen molar-refractivity contribution in [2.24, 2.45) is 0 Å². The van der Waals surface area contributed by atoms with Gasteiger partial charge in [-0.25, -0.2) is 4.57 Å². The Bertz CT molecular complexity index is 229. The van der Waals surface area contributed by atoms with E-state index in [9.17, 15) is 9.36 Å². The number of aliphatic hydroxyl groups excluding tert-OH is 3. The molecule has 84 valence electrons. The van der Waals surface area contributed by atoms with Gasteiger partial charge in [-0.3, -0.25) is 4.52 Å². The monoisotopic (exact) mass is 253 g/mol. The van der Waals surface area contributed by atoms with Crippen molar-refractivity contribution in [2.75, 3.05) is 6.61 Å². The molecular formula is C5H11NaO8P+. The van der Waals surface area contributed by atoms with Crippen LogP contribution in [0.4, 0.5) is 0 Å². The summed E-state index contributed by atoms with van der Waals surface area (Å²) >= 11 is 0. The second-order valence-electron chi connectivity index (χ2n) is 2.47. The maximum atomic E-state index is 10.1. The minimum absolute atomic E-state index is 0. The molecule has 0 aliphatic carbocycles. The molecule has 0 aromatic rings. The van der Waals surface area contributed by atoms with E-state index in [1.807, 2.05) is 0 Å². The number of hydrogen-bond donors (Lipinski definition) is 5. The molecule has 15 heavy (non-hydrogen) atoms. The molecular weight excluding hydrogens is 242 g/mol. The average molecular weight is 253 g/mol. The number of phosphoric ester groups is 1. The SMILES string of the molecule is O=C[C@@H](O)[C@H](O)[C@H](O)COP(=O)(O)O.[Na+]. The normalized spacial score (nSPS) is 17.4. The van der Waals surface area contributed by atoms with Crippen LogP contribution in [0.2, 0.25) is 0 Å². The summed E-state index contributed by atoms with van der Waals surface area (Å²) < 4.78 is 14.0. The van der Waals surface area contributed by atoms with Crippen LogP contribution in [0, 0.1) is 0 Å². The molecule has 8 nitrogen and oxygen atoms in total. The van der Waals surface area contributed by atoms with Gasteiger partial charge in [0.2, 0.25) is 0 Å². The van der Waals surface area contributed by atoms with Gasteiger partial charge >= 0.3 is 37.4 Å². The fourth-order valence-corrected chi connectivity index (χ4v) is 0.927. The molecule has 0 aromatic carbocycles. The van der Waals surface area contributed by atoms with Crippen molar-refractivity contribution in [1.82, 2.24) is 0 Å². The Morgan fingerprint density at radius 2 is 1.73 bits per heavy atom. The zero-order valence-corrected chi connectivity index (χ0v) is 10.8. The molecule has 5 N–H and O–H groups in total. The second-order valence-corrected chi connectivity index (χ2v) is 3.71. The molecule has 10 heteroatoms. The summed E-state index contributed by atoms with van der Waals surface area (Å²) in [5.74, 6) is 0. The van der Waals surface area contributed by atoms with Crippen LogP contribution in [-0.4, -0.2) is 56.3 Å². The van der Waals surface area contributed by atoms with Crippen LogP contribution in [-0.2, 0) is 13.9 Å². The number of carbonyl (C=O) groups is 1. The Morgan fingerprint density at radius 3 is 2.07 bits per heavy atom. The van der Waals surface area contributed by atoms with Crippen molar-refractivity contribution in [3.8, 4) is 0 Å². The van der Waals surface area contributed by atoms with Crippen LogP contribution < -0.4 is 29.6 Å². The van der Waals surface area contributed by atoms with Crippen molar-refractivity contribution < 1.29 is 68.5 Å². The molecule has 0 spiro atoms. The molecule has 0 saturated heterocycles. The van der Waals surface area contributed by atoms with Gasteiger partial charge in [0, 0.05) is 0 Å². The van der Waals surface area contributed by atoms with Gasteiger partial charge in [-0.2, -0.15) is 0 Å². The van der Waals surface area contributed by atoms with Crippen LogP contribution in [0.3, 0.4) is 0 Å². The van der Waals surface area contributed by atoms with Crippen LogP contribution in [0.25, 0.3) is 0 Å². The van der Waals surface area contributed by atoms with Crippen molar-refractivity contribution in [1.29, 1.82) is 0 Å². The maximum Gasteiger partial charge on any atom is 1.00 e. The van der Waals surface area contributed by atoms with Gasteiger partial charge in [0.15, 0.2) is 6.29 Å². The van der Waals surface area contributed by atoms with Gasteiger partial charge < -0.3 is 29.9 Å². The van der Waals surface area contributed by atoms with Crippen LogP contribution in [0.15, 0.2) is 0 Å². The Hall–Kier alpha value is 0.660. The van der Waals surface area contributed by atoms with E-state index in [0.717, 1.165) is 0 Å². The molecule has 0 fully saturated rings. The first-order valence-corrected chi connectivity index (χ1v) is 5.00. The summed E-state index contributed by atoms with van der Waals surface area (Å²) in [5.41, 5.74) is 0. The van der Waals surface area contributed by atoms with Gasteiger partial charge in [-0.1, -0.05) is 0 Å². The van der Waals surface area contributed by atoms with E-state index in [4.69, 9.17) is 25.1 Å². The minimum Gasteiger partial charge on any atom is -0.388 e. The first-order valence-electron chi connectivity index (χ1n) is 3.47. The molecule has 0 saturated carbocycles. The summed E-state index contributed by atoms with van der Waals surface area (Å²) in [7, 11) is -4.74. The van der Waals surface area contributed by atoms with Crippen LogP contribution in [0.1, 0.15) is 0 Å². The summed E-state index contributed by atoms with van der Waals surface area (Å²) in [6.45, 7) is -0.893. The van der Waals surface area contributed by atoms with Gasteiger partial charge in [0.1, 0.15) is 18.3 Å². The maximum absolute atomic E-state index is 10.1. The van der Waals surface area contributed by atoms with E-state index in [0.29, 0.717) is 0 Å². The van der Waals surface area contributed by atoms with E-state index in [2.05, 4.69) is 4.52 Å². The Morgan fingerprint density at radius 1 is 1.27 bits per heavy atom. The van der Waals surface area contributed by atoms with E-state index >= 15 is 0 Å². The largest absolute Gasteiger partial charge is 1.00 e. The van der Waals surface area contributed by atoms with E-state index in [1.54, 1.807) is 0 Å². The number of aliphatic hydroxyl groups is 3. The van der Waals surface area contributed by atoms with E-state index < -0.39 is 32.7 Å². The Labute approximate surface area is 107 Å². The number of hydrogen-bond acceptors (Lipinski definition) is 6. The molecule has 0 aliphatic rings. The molecule has 0 radical (unpaired) electrons. The summed E-state index contributed by atoms with van der Waals surface area (Å²) in [5, 5.41) is 26.6. The number of carbonyl (C=O) groups excluding carboxylic acids is 1. The number of aldehydes is 1. The quantitative estimate of drug-likeness (QED) is 0.179. The van der Waals surface area contributed by atoms with E-state index in [1.165, 1.54) is 0 Å². The molecule has 0 aromatic heterocycles. The van der Waals surface area contributed by atoms with Crippen LogP contribution >= 0.6 is 7.82 Å². The smallest absolute Gasteiger partial charge is 0.388 e. The van der Waals surface area contributed by atoms with Gasteiger partial charge in [-0.15, -0.1) is 0 Å².